The predicted octanol–water partition coefficient (Wildman–Crippen LogP) is 1.25. The van der Waals surface area contributed by atoms with Crippen molar-refractivity contribution >= 4 is 17.8 Å². The van der Waals surface area contributed by atoms with Crippen molar-refractivity contribution in [2.45, 2.75) is 53.0 Å². The second-order valence-electron chi connectivity index (χ2n) is 6.67. The molecule has 1 aliphatic rings. The van der Waals surface area contributed by atoms with Crippen LogP contribution < -0.4 is 5.32 Å². The van der Waals surface area contributed by atoms with E-state index in [-0.39, 0.29) is 17.9 Å². The highest BCUT2D eigenvalue weighted by molar-refractivity contribution is 5.81. The number of hydrogen-bond donors (Lipinski definition) is 2. The van der Waals surface area contributed by atoms with Gasteiger partial charge in [0.2, 0.25) is 11.8 Å². The first-order valence-electron chi connectivity index (χ1n) is 7.45. The molecule has 0 bridgehead atoms. The molecule has 1 saturated heterocycles. The van der Waals surface area contributed by atoms with Gasteiger partial charge in [0, 0.05) is 31.0 Å². The highest BCUT2D eigenvalue weighted by Crippen LogP contribution is 2.25. The van der Waals surface area contributed by atoms with Gasteiger partial charge in [0.15, 0.2) is 0 Å². The number of carbonyl (C=O) groups is 3. The Labute approximate surface area is 125 Å². The number of carboxylic acid groups (broad SMARTS) is 1. The molecule has 0 aromatic rings. The summed E-state index contributed by atoms with van der Waals surface area (Å²) in [6.45, 7) is 8.27. The number of hydrogen-bond acceptors (Lipinski definition) is 3. The topological polar surface area (TPSA) is 86.7 Å². The first kappa shape index (κ1) is 17.5. The van der Waals surface area contributed by atoms with Gasteiger partial charge in [0.05, 0.1) is 5.92 Å². The average Bonchev–Trinajstić information content (AvgIpc) is 2.74. The van der Waals surface area contributed by atoms with Crippen molar-refractivity contribution in [2.24, 2.45) is 11.3 Å². The van der Waals surface area contributed by atoms with Crippen LogP contribution in [0.5, 0.6) is 0 Å². The van der Waals surface area contributed by atoms with E-state index in [4.69, 9.17) is 5.11 Å². The minimum Gasteiger partial charge on any atom is -0.481 e. The number of carbonyl (C=O) groups excluding carboxylic acids is 2. The van der Waals surface area contributed by atoms with Crippen LogP contribution in [0.25, 0.3) is 0 Å². The summed E-state index contributed by atoms with van der Waals surface area (Å²) in [4.78, 5) is 36.4. The molecule has 2 atom stereocenters. The Balaban J connectivity index is 2.32. The average molecular weight is 298 g/mol. The molecule has 1 rings (SSSR count). The van der Waals surface area contributed by atoms with Crippen LogP contribution >= 0.6 is 0 Å². The highest BCUT2D eigenvalue weighted by atomic mass is 16.4. The molecule has 2 N–H and O–H groups in total. The lowest BCUT2D eigenvalue weighted by molar-refractivity contribution is -0.143. The summed E-state index contributed by atoms with van der Waals surface area (Å²) >= 11 is 0. The third-order valence-electron chi connectivity index (χ3n) is 3.93. The van der Waals surface area contributed by atoms with Crippen LogP contribution in [0.2, 0.25) is 0 Å². The number of rotatable bonds is 5. The molecule has 0 aliphatic carbocycles. The first-order valence-corrected chi connectivity index (χ1v) is 7.45. The fraction of sp³-hybridized carbons (Fsp3) is 0.800. The van der Waals surface area contributed by atoms with E-state index in [0.29, 0.717) is 32.4 Å². The van der Waals surface area contributed by atoms with Crippen LogP contribution in [-0.4, -0.2) is 46.9 Å². The first-order chi connectivity index (χ1) is 9.64. The van der Waals surface area contributed by atoms with Crippen molar-refractivity contribution < 1.29 is 19.5 Å². The summed E-state index contributed by atoms with van der Waals surface area (Å²) in [6.07, 6.45) is 1.42. The van der Waals surface area contributed by atoms with E-state index in [9.17, 15) is 14.4 Å². The van der Waals surface area contributed by atoms with Crippen molar-refractivity contribution in [1.82, 2.24) is 10.2 Å². The second kappa shape index (κ2) is 6.91. The van der Waals surface area contributed by atoms with E-state index in [1.54, 1.807) is 11.8 Å². The molecule has 6 heteroatoms. The van der Waals surface area contributed by atoms with E-state index in [2.05, 4.69) is 5.32 Å². The fourth-order valence-electron chi connectivity index (χ4n) is 2.47. The van der Waals surface area contributed by atoms with E-state index < -0.39 is 17.3 Å². The van der Waals surface area contributed by atoms with Crippen molar-refractivity contribution in [3.05, 3.63) is 0 Å². The van der Waals surface area contributed by atoms with Gasteiger partial charge >= 0.3 is 5.97 Å². The van der Waals surface area contributed by atoms with Gasteiger partial charge in [-0.3, -0.25) is 14.4 Å². The molecular formula is C15H26N2O4. The number of nitrogens with zero attached hydrogens (tertiary/aromatic N) is 1. The van der Waals surface area contributed by atoms with Crippen molar-refractivity contribution in [3.8, 4) is 0 Å². The molecule has 6 nitrogen and oxygen atoms in total. The zero-order valence-corrected chi connectivity index (χ0v) is 13.3. The summed E-state index contributed by atoms with van der Waals surface area (Å²) in [5.41, 5.74) is -0.428. The molecule has 2 amide bonds. The van der Waals surface area contributed by atoms with Gasteiger partial charge in [-0.25, -0.2) is 0 Å². The number of amides is 2. The van der Waals surface area contributed by atoms with Crippen LogP contribution in [0.1, 0.15) is 47.0 Å². The number of carboxylic acids is 1. The normalized spacial score (nSPS) is 22.2. The van der Waals surface area contributed by atoms with Crippen LogP contribution in [0.15, 0.2) is 0 Å². The summed E-state index contributed by atoms with van der Waals surface area (Å²) in [7, 11) is 0. The third kappa shape index (κ3) is 4.72. The Morgan fingerprint density at radius 1 is 1.29 bits per heavy atom. The van der Waals surface area contributed by atoms with Gasteiger partial charge in [-0.05, 0) is 19.8 Å². The maximum Gasteiger partial charge on any atom is 0.308 e. The Kier molecular flexibility index (Phi) is 5.75. The standard InChI is InChI=1S/C15H26N2O4/c1-10-11(13(19)20)7-9-17(10)12(18)6-5-8-16-14(21)15(2,3)4/h10-11H,5-9H2,1-4H3,(H,16,21)(H,19,20). The predicted molar refractivity (Wildman–Crippen MR) is 78.6 cm³/mol. The van der Waals surface area contributed by atoms with Crippen molar-refractivity contribution in [3.63, 3.8) is 0 Å². The molecule has 1 fully saturated rings. The third-order valence-corrected chi connectivity index (χ3v) is 3.93. The fourth-order valence-corrected chi connectivity index (χ4v) is 2.47. The number of nitrogens with one attached hydrogen (secondary N) is 1. The van der Waals surface area contributed by atoms with Gasteiger partial charge < -0.3 is 15.3 Å². The summed E-state index contributed by atoms with van der Waals surface area (Å²) in [5, 5.41) is 11.9. The Bertz CT molecular complexity index is 414. The molecule has 21 heavy (non-hydrogen) atoms. The molecular weight excluding hydrogens is 272 g/mol. The summed E-state index contributed by atoms with van der Waals surface area (Å²) in [5.74, 6) is -1.36. The molecule has 0 radical (unpaired) electrons. The maximum absolute atomic E-state index is 12.1. The molecule has 1 heterocycles. The largest absolute Gasteiger partial charge is 0.481 e. The van der Waals surface area contributed by atoms with Gasteiger partial charge in [0.25, 0.3) is 0 Å². The van der Waals surface area contributed by atoms with Crippen molar-refractivity contribution in [1.29, 1.82) is 0 Å². The lowest BCUT2D eigenvalue weighted by atomic mass is 9.96. The van der Waals surface area contributed by atoms with Crippen LogP contribution in [0.4, 0.5) is 0 Å². The highest BCUT2D eigenvalue weighted by Gasteiger charge is 2.37. The van der Waals surface area contributed by atoms with E-state index >= 15 is 0 Å². The van der Waals surface area contributed by atoms with E-state index in [0.717, 1.165) is 0 Å². The lowest BCUT2D eigenvalue weighted by Crippen LogP contribution is -2.38. The molecule has 0 aromatic heterocycles. The zero-order valence-electron chi connectivity index (χ0n) is 13.3. The molecule has 0 spiro atoms. The lowest BCUT2D eigenvalue weighted by Gasteiger charge is -2.23. The van der Waals surface area contributed by atoms with Gasteiger partial charge in [-0.2, -0.15) is 0 Å². The second-order valence-corrected chi connectivity index (χ2v) is 6.67. The van der Waals surface area contributed by atoms with E-state index in [1.165, 1.54) is 0 Å². The smallest absolute Gasteiger partial charge is 0.308 e. The Morgan fingerprint density at radius 3 is 2.38 bits per heavy atom. The van der Waals surface area contributed by atoms with Gasteiger partial charge in [-0.15, -0.1) is 0 Å². The van der Waals surface area contributed by atoms with Crippen LogP contribution in [0.3, 0.4) is 0 Å². The molecule has 1 aliphatic heterocycles. The van der Waals surface area contributed by atoms with Crippen LogP contribution in [-0.2, 0) is 14.4 Å². The summed E-state index contributed by atoms with van der Waals surface area (Å²) in [6, 6.07) is -0.251. The molecule has 0 aromatic carbocycles. The molecule has 120 valence electrons. The molecule has 0 saturated carbocycles. The Morgan fingerprint density at radius 2 is 1.90 bits per heavy atom. The SMILES string of the molecule is CC1C(C(=O)O)CCN1C(=O)CCCNC(=O)C(C)(C)C. The van der Waals surface area contributed by atoms with Gasteiger partial charge in [-0.1, -0.05) is 20.8 Å². The minimum atomic E-state index is -0.838. The maximum atomic E-state index is 12.1. The van der Waals surface area contributed by atoms with Crippen molar-refractivity contribution in [2.75, 3.05) is 13.1 Å². The minimum absolute atomic E-state index is 0.0312. The molecule has 2 unspecified atom stereocenters. The number of aliphatic carboxylic acids is 1. The van der Waals surface area contributed by atoms with Crippen LogP contribution in [0, 0.1) is 11.3 Å². The quantitative estimate of drug-likeness (QED) is 0.748. The Hall–Kier alpha value is -1.59. The summed E-state index contributed by atoms with van der Waals surface area (Å²) < 4.78 is 0. The van der Waals surface area contributed by atoms with E-state index in [1.807, 2.05) is 20.8 Å². The monoisotopic (exact) mass is 298 g/mol. The zero-order chi connectivity index (χ0) is 16.2. The number of likely N-dealkylation sites (tertiary alicyclic amines) is 1. The van der Waals surface area contributed by atoms with Gasteiger partial charge in [0.1, 0.15) is 0 Å².